The van der Waals surface area contributed by atoms with Crippen LogP contribution in [0.5, 0.6) is 0 Å². The van der Waals surface area contributed by atoms with Crippen molar-refractivity contribution in [1.29, 1.82) is 0 Å². The highest BCUT2D eigenvalue weighted by Crippen LogP contribution is 2.26. The zero-order chi connectivity index (χ0) is 11.0. The molecular formula is C9H9F2N3O. The van der Waals surface area contributed by atoms with Gasteiger partial charge in [-0.3, -0.25) is 0 Å². The van der Waals surface area contributed by atoms with Crippen molar-refractivity contribution in [3.63, 3.8) is 0 Å². The third-order valence-electron chi connectivity index (χ3n) is 1.96. The second-order valence-electron chi connectivity index (χ2n) is 3.19. The van der Waals surface area contributed by atoms with E-state index in [9.17, 15) is 8.78 Å². The molecule has 2 heterocycles. The van der Waals surface area contributed by atoms with Crippen molar-refractivity contribution < 1.29 is 13.2 Å². The number of aromatic nitrogens is 3. The van der Waals surface area contributed by atoms with Crippen LogP contribution in [0.25, 0.3) is 11.6 Å². The molecule has 0 aliphatic carbocycles. The largest absolute Gasteiger partial charge is 0.440 e. The van der Waals surface area contributed by atoms with Gasteiger partial charge in [-0.1, -0.05) is 0 Å². The predicted molar refractivity (Wildman–Crippen MR) is 48.4 cm³/mol. The summed E-state index contributed by atoms with van der Waals surface area (Å²) >= 11 is 0. The molecule has 0 radical (unpaired) electrons. The van der Waals surface area contributed by atoms with Gasteiger partial charge in [0.25, 0.3) is 6.43 Å². The van der Waals surface area contributed by atoms with Crippen LogP contribution in [-0.4, -0.2) is 14.5 Å². The number of rotatable bonds is 2. The third-order valence-corrected chi connectivity index (χ3v) is 1.96. The van der Waals surface area contributed by atoms with E-state index in [0.717, 1.165) is 0 Å². The number of imidazole rings is 1. The smallest absolute Gasteiger partial charge is 0.283 e. The highest BCUT2D eigenvalue weighted by atomic mass is 19.3. The van der Waals surface area contributed by atoms with E-state index in [-0.39, 0.29) is 17.3 Å². The van der Waals surface area contributed by atoms with Gasteiger partial charge < -0.3 is 8.98 Å². The number of hydrogen-bond acceptors (Lipinski definition) is 3. The van der Waals surface area contributed by atoms with E-state index in [2.05, 4.69) is 9.97 Å². The molecule has 0 saturated carbocycles. The van der Waals surface area contributed by atoms with Crippen LogP contribution in [0.1, 0.15) is 17.9 Å². The molecule has 0 aliphatic rings. The summed E-state index contributed by atoms with van der Waals surface area (Å²) in [6.07, 6.45) is 0.587. The average molecular weight is 213 g/mol. The molecule has 0 saturated heterocycles. The van der Waals surface area contributed by atoms with Gasteiger partial charge in [-0.15, -0.1) is 0 Å². The van der Waals surface area contributed by atoms with Crippen LogP contribution in [0.2, 0.25) is 0 Å². The highest BCUT2D eigenvalue weighted by molar-refractivity contribution is 5.46. The van der Waals surface area contributed by atoms with E-state index < -0.39 is 6.43 Å². The molecular weight excluding hydrogens is 204 g/mol. The summed E-state index contributed by atoms with van der Waals surface area (Å²) in [5.74, 6) is 0.258. The predicted octanol–water partition coefficient (Wildman–Crippen LogP) is 2.32. The minimum absolute atomic E-state index is 0.128. The van der Waals surface area contributed by atoms with Crippen molar-refractivity contribution in [2.24, 2.45) is 7.05 Å². The molecule has 0 aliphatic heterocycles. The molecule has 2 aromatic heterocycles. The molecule has 0 fully saturated rings. The second kappa shape index (κ2) is 3.45. The average Bonchev–Trinajstić information content (AvgIpc) is 2.71. The molecule has 0 N–H and O–H groups in total. The normalized spacial score (nSPS) is 11.3. The van der Waals surface area contributed by atoms with Gasteiger partial charge >= 0.3 is 0 Å². The summed E-state index contributed by atoms with van der Waals surface area (Å²) in [5, 5.41) is 0. The van der Waals surface area contributed by atoms with Crippen molar-refractivity contribution in [2.75, 3.05) is 0 Å². The lowest BCUT2D eigenvalue weighted by Crippen LogP contribution is -1.86. The Hall–Kier alpha value is -1.72. The van der Waals surface area contributed by atoms with Gasteiger partial charge in [0.05, 0.1) is 6.33 Å². The first-order valence-electron chi connectivity index (χ1n) is 4.31. The maximum atomic E-state index is 12.4. The fraction of sp³-hybridized carbons (Fsp3) is 0.333. The number of oxazole rings is 1. The molecule has 15 heavy (non-hydrogen) atoms. The minimum Gasteiger partial charge on any atom is -0.440 e. The Morgan fingerprint density at radius 2 is 2.20 bits per heavy atom. The molecule has 2 aromatic rings. The van der Waals surface area contributed by atoms with E-state index in [1.54, 1.807) is 24.1 Å². The first-order valence-corrected chi connectivity index (χ1v) is 4.31. The van der Waals surface area contributed by atoms with Gasteiger partial charge in [-0.2, -0.15) is 0 Å². The van der Waals surface area contributed by atoms with Gasteiger partial charge in [-0.25, -0.2) is 18.7 Å². The van der Waals surface area contributed by atoms with Crippen LogP contribution in [0.4, 0.5) is 8.78 Å². The SMILES string of the molecule is Cc1oc(-c2cn(C)cn2)nc1C(F)F. The number of aryl methyl sites for hydroxylation is 2. The molecule has 0 spiro atoms. The highest BCUT2D eigenvalue weighted by Gasteiger charge is 2.19. The molecule has 0 unspecified atom stereocenters. The first-order chi connectivity index (χ1) is 7.08. The van der Waals surface area contributed by atoms with Crippen molar-refractivity contribution in [2.45, 2.75) is 13.3 Å². The van der Waals surface area contributed by atoms with E-state index in [0.29, 0.717) is 5.69 Å². The van der Waals surface area contributed by atoms with Crippen LogP contribution in [0.3, 0.4) is 0 Å². The van der Waals surface area contributed by atoms with E-state index in [4.69, 9.17) is 4.42 Å². The van der Waals surface area contributed by atoms with Crippen LogP contribution in [0, 0.1) is 6.92 Å². The summed E-state index contributed by atoms with van der Waals surface area (Å²) < 4.78 is 31.6. The molecule has 2 rings (SSSR count). The van der Waals surface area contributed by atoms with Crippen LogP contribution < -0.4 is 0 Å². The first kappa shape index (κ1) is 9.82. The second-order valence-corrected chi connectivity index (χ2v) is 3.19. The number of nitrogens with zero attached hydrogens (tertiary/aromatic N) is 3. The summed E-state index contributed by atoms with van der Waals surface area (Å²) in [5.41, 5.74) is 0.128. The van der Waals surface area contributed by atoms with Gasteiger partial charge in [0.1, 0.15) is 17.1 Å². The van der Waals surface area contributed by atoms with Crippen molar-refractivity contribution in [1.82, 2.24) is 14.5 Å². The van der Waals surface area contributed by atoms with Crippen LogP contribution >= 0.6 is 0 Å². The van der Waals surface area contributed by atoms with Gasteiger partial charge in [0.2, 0.25) is 5.89 Å². The third kappa shape index (κ3) is 1.74. The summed E-state index contributed by atoms with van der Waals surface area (Å²) in [6.45, 7) is 1.46. The van der Waals surface area contributed by atoms with E-state index in [1.165, 1.54) is 6.92 Å². The number of halogens is 2. The number of alkyl halides is 2. The molecule has 0 aromatic carbocycles. The molecule has 6 heteroatoms. The lowest BCUT2D eigenvalue weighted by molar-refractivity contribution is 0.145. The van der Waals surface area contributed by atoms with Crippen molar-refractivity contribution in [3.8, 4) is 11.6 Å². The lowest BCUT2D eigenvalue weighted by Gasteiger charge is -1.89. The Morgan fingerprint density at radius 3 is 2.67 bits per heavy atom. The molecule has 0 bridgehead atoms. The molecule has 4 nitrogen and oxygen atoms in total. The fourth-order valence-electron chi connectivity index (χ4n) is 1.24. The zero-order valence-electron chi connectivity index (χ0n) is 8.24. The maximum Gasteiger partial charge on any atom is 0.283 e. The Bertz CT molecular complexity index is 475. The Morgan fingerprint density at radius 1 is 1.47 bits per heavy atom. The molecule has 0 amide bonds. The van der Waals surface area contributed by atoms with Crippen molar-refractivity contribution >= 4 is 0 Å². The van der Waals surface area contributed by atoms with Gasteiger partial charge in [0, 0.05) is 13.2 Å². The quantitative estimate of drug-likeness (QED) is 0.768. The Kier molecular flexibility index (Phi) is 2.26. The Labute approximate surface area is 84.6 Å². The van der Waals surface area contributed by atoms with Gasteiger partial charge in [0.15, 0.2) is 0 Å². The van der Waals surface area contributed by atoms with Gasteiger partial charge in [-0.05, 0) is 6.92 Å². The van der Waals surface area contributed by atoms with E-state index >= 15 is 0 Å². The zero-order valence-corrected chi connectivity index (χ0v) is 8.24. The minimum atomic E-state index is -2.62. The Balaban J connectivity index is 2.42. The molecule has 0 atom stereocenters. The summed E-state index contributed by atoms with van der Waals surface area (Å²) in [6, 6.07) is 0. The summed E-state index contributed by atoms with van der Waals surface area (Å²) in [4.78, 5) is 7.66. The fourth-order valence-corrected chi connectivity index (χ4v) is 1.24. The topological polar surface area (TPSA) is 43.9 Å². The van der Waals surface area contributed by atoms with E-state index in [1.807, 2.05) is 0 Å². The lowest BCUT2D eigenvalue weighted by atomic mass is 10.4. The molecule has 80 valence electrons. The van der Waals surface area contributed by atoms with Crippen molar-refractivity contribution in [3.05, 3.63) is 24.0 Å². The van der Waals surface area contributed by atoms with Crippen LogP contribution in [-0.2, 0) is 7.05 Å². The van der Waals surface area contributed by atoms with Crippen LogP contribution in [0.15, 0.2) is 16.9 Å². The monoisotopic (exact) mass is 213 g/mol. The standard InChI is InChI=1S/C9H9F2N3O/c1-5-7(8(10)11)13-9(15-5)6-3-14(2)4-12-6/h3-4,8H,1-2H3. The maximum absolute atomic E-state index is 12.4. The number of hydrogen-bond donors (Lipinski definition) is 0. The summed E-state index contributed by atoms with van der Waals surface area (Å²) in [7, 11) is 1.78.